The van der Waals surface area contributed by atoms with E-state index in [2.05, 4.69) is 16.8 Å². The number of hydrogen-bond donors (Lipinski definition) is 2. The minimum Gasteiger partial charge on any atom is -0.397 e. The number of carbonyl (C=O) groups excluding carboxylic acids is 1. The van der Waals surface area contributed by atoms with Crippen LogP contribution in [0.25, 0.3) is 0 Å². The summed E-state index contributed by atoms with van der Waals surface area (Å²) in [5.74, 6) is 0.451. The Morgan fingerprint density at radius 2 is 2.00 bits per heavy atom. The van der Waals surface area contributed by atoms with Gasteiger partial charge in [0, 0.05) is 29.0 Å². The molecule has 0 spiro atoms. The fraction of sp³-hybridized carbons (Fsp3) is 0.188. The maximum absolute atomic E-state index is 11.9. The van der Waals surface area contributed by atoms with Gasteiger partial charge in [0.25, 0.3) is 0 Å². The number of para-hydroxylation sites is 2. The van der Waals surface area contributed by atoms with Gasteiger partial charge in [0.2, 0.25) is 0 Å². The topological polar surface area (TPSA) is 55.1 Å². The van der Waals surface area contributed by atoms with E-state index in [1.807, 2.05) is 30.3 Å². The number of hydrogen-bond acceptors (Lipinski definition) is 4. The normalized spacial score (nSPS) is 18.7. The molecule has 2 aromatic rings. The van der Waals surface area contributed by atoms with Crippen molar-refractivity contribution >= 4 is 28.5 Å². The Balaban J connectivity index is 1.80. The van der Waals surface area contributed by atoms with Crippen LogP contribution in [0.1, 0.15) is 23.6 Å². The van der Waals surface area contributed by atoms with Crippen molar-refractivity contribution in [2.45, 2.75) is 18.8 Å². The van der Waals surface area contributed by atoms with E-state index in [1.165, 1.54) is 4.88 Å². The number of rotatable bonds is 3. The maximum atomic E-state index is 11.9. The van der Waals surface area contributed by atoms with E-state index in [9.17, 15) is 4.79 Å². The molecule has 0 bridgehead atoms. The second kappa shape index (κ2) is 5.51. The summed E-state index contributed by atoms with van der Waals surface area (Å²) in [5, 5.41) is 5.35. The van der Waals surface area contributed by atoms with Crippen LogP contribution >= 0.6 is 11.3 Å². The van der Waals surface area contributed by atoms with E-state index in [1.54, 1.807) is 17.4 Å². The second-order valence-corrected chi connectivity index (χ2v) is 5.95. The number of allylic oxidation sites excluding steroid dienone is 2. The monoisotopic (exact) mass is 284 g/mol. The molecule has 0 unspecified atom stereocenters. The third kappa shape index (κ3) is 2.75. The molecule has 0 radical (unpaired) electrons. The number of thiophene rings is 1. The molecule has 0 amide bonds. The van der Waals surface area contributed by atoms with Crippen LogP contribution in [0.5, 0.6) is 0 Å². The molecular formula is C16H16N2OS. The lowest BCUT2D eigenvalue weighted by atomic mass is 9.90. The van der Waals surface area contributed by atoms with Crippen molar-refractivity contribution in [1.29, 1.82) is 0 Å². The first-order valence-electron chi connectivity index (χ1n) is 6.60. The molecular weight excluding hydrogens is 268 g/mol. The second-order valence-electron chi connectivity index (χ2n) is 4.97. The summed E-state index contributed by atoms with van der Waals surface area (Å²) in [5.41, 5.74) is 8.42. The Kier molecular flexibility index (Phi) is 3.56. The van der Waals surface area contributed by atoms with Crippen molar-refractivity contribution in [1.82, 2.24) is 0 Å². The molecule has 102 valence electrons. The van der Waals surface area contributed by atoms with Gasteiger partial charge < -0.3 is 11.1 Å². The van der Waals surface area contributed by atoms with Crippen molar-refractivity contribution in [3.05, 3.63) is 58.4 Å². The zero-order chi connectivity index (χ0) is 13.9. The number of nitrogen functional groups attached to an aromatic ring is 1. The standard InChI is InChI=1S/C16H16N2OS/c17-14-4-1-2-5-15(14)18-12-8-11(9-13(19)10-12)16-6-3-7-20-16/h1-7,10-11,18H,8-9,17H2/t11-/m1/s1. The Bertz CT molecular complexity index is 646. The first-order chi connectivity index (χ1) is 9.72. The van der Waals surface area contributed by atoms with Crippen LogP contribution in [0, 0.1) is 0 Å². The van der Waals surface area contributed by atoms with Crippen molar-refractivity contribution in [3.8, 4) is 0 Å². The van der Waals surface area contributed by atoms with Crippen LogP contribution in [-0.2, 0) is 4.79 Å². The first kappa shape index (κ1) is 12.9. The average Bonchev–Trinajstić information content (AvgIpc) is 2.95. The lowest BCUT2D eigenvalue weighted by Gasteiger charge is -2.22. The number of anilines is 2. The van der Waals surface area contributed by atoms with Gasteiger partial charge in [0.15, 0.2) is 5.78 Å². The number of nitrogens with one attached hydrogen (secondary N) is 1. The summed E-state index contributed by atoms with van der Waals surface area (Å²) >= 11 is 1.71. The van der Waals surface area contributed by atoms with E-state index in [4.69, 9.17) is 5.73 Å². The number of carbonyl (C=O) groups is 1. The van der Waals surface area contributed by atoms with Crippen molar-refractivity contribution in [3.63, 3.8) is 0 Å². The van der Waals surface area contributed by atoms with Gasteiger partial charge in [-0.05, 0) is 30.0 Å². The minimum atomic E-state index is 0.173. The van der Waals surface area contributed by atoms with Gasteiger partial charge in [-0.3, -0.25) is 4.79 Å². The molecule has 20 heavy (non-hydrogen) atoms. The highest BCUT2D eigenvalue weighted by Crippen LogP contribution is 2.34. The van der Waals surface area contributed by atoms with Crippen LogP contribution in [0.2, 0.25) is 0 Å². The summed E-state index contributed by atoms with van der Waals surface area (Å²) in [6.45, 7) is 0. The van der Waals surface area contributed by atoms with E-state index < -0.39 is 0 Å². The van der Waals surface area contributed by atoms with Gasteiger partial charge >= 0.3 is 0 Å². The quantitative estimate of drug-likeness (QED) is 0.843. The smallest absolute Gasteiger partial charge is 0.158 e. The summed E-state index contributed by atoms with van der Waals surface area (Å²) in [6.07, 6.45) is 3.15. The highest BCUT2D eigenvalue weighted by atomic mass is 32.1. The van der Waals surface area contributed by atoms with Crippen LogP contribution in [0.4, 0.5) is 11.4 Å². The van der Waals surface area contributed by atoms with Crippen LogP contribution in [0.3, 0.4) is 0 Å². The number of benzene rings is 1. The van der Waals surface area contributed by atoms with E-state index in [0.717, 1.165) is 17.8 Å². The van der Waals surface area contributed by atoms with Crippen LogP contribution in [0.15, 0.2) is 53.6 Å². The lowest BCUT2D eigenvalue weighted by Crippen LogP contribution is -2.16. The maximum Gasteiger partial charge on any atom is 0.158 e. The number of ketones is 1. The SMILES string of the molecule is Nc1ccccc1NC1=CC(=O)C[C@H](c2cccs2)C1. The van der Waals surface area contributed by atoms with Crippen molar-refractivity contribution in [2.75, 3.05) is 11.1 Å². The van der Waals surface area contributed by atoms with Gasteiger partial charge in [-0.15, -0.1) is 11.3 Å². The van der Waals surface area contributed by atoms with Gasteiger partial charge in [-0.2, -0.15) is 0 Å². The van der Waals surface area contributed by atoms with E-state index >= 15 is 0 Å². The molecule has 1 aromatic heterocycles. The molecule has 1 aliphatic rings. The molecule has 0 saturated carbocycles. The molecule has 3 N–H and O–H groups in total. The zero-order valence-corrected chi connectivity index (χ0v) is 11.8. The minimum absolute atomic E-state index is 0.173. The van der Waals surface area contributed by atoms with E-state index in [0.29, 0.717) is 12.1 Å². The summed E-state index contributed by atoms with van der Waals surface area (Å²) in [4.78, 5) is 13.2. The summed E-state index contributed by atoms with van der Waals surface area (Å²) in [6, 6.07) is 11.7. The Morgan fingerprint density at radius 1 is 1.15 bits per heavy atom. The third-order valence-electron chi connectivity index (χ3n) is 3.45. The van der Waals surface area contributed by atoms with Gasteiger partial charge in [0.05, 0.1) is 11.4 Å². The summed E-state index contributed by atoms with van der Waals surface area (Å²) < 4.78 is 0. The van der Waals surface area contributed by atoms with Crippen LogP contribution < -0.4 is 11.1 Å². The molecule has 3 rings (SSSR count). The predicted molar refractivity (Wildman–Crippen MR) is 83.9 cm³/mol. The molecule has 1 aliphatic carbocycles. The lowest BCUT2D eigenvalue weighted by molar-refractivity contribution is -0.115. The zero-order valence-electron chi connectivity index (χ0n) is 11.0. The van der Waals surface area contributed by atoms with E-state index in [-0.39, 0.29) is 11.7 Å². The molecule has 4 heteroatoms. The molecule has 1 atom stereocenters. The molecule has 0 aliphatic heterocycles. The molecule has 0 fully saturated rings. The van der Waals surface area contributed by atoms with Gasteiger partial charge in [0.1, 0.15) is 0 Å². The molecule has 0 saturated heterocycles. The van der Waals surface area contributed by atoms with Gasteiger partial charge in [-0.25, -0.2) is 0 Å². The largest absolute Gasteiger partial charge is 0.397 e. The van der Waals surface area contributed by atoms with Crippen molar-refractivity contribution in [2.24, 2.45) is 0 Å². The fourth-order valence-electron chi connectivity index (χ4n) is 2.49. The third-order valence-corrected chi connectivity index (χ3v) is 4.49. The first-order valence-corrected chi connectivity index (χ1v) is 7.48. The van der Waals surface area contributed by atoms with Crippen molar-refractivity contribution < 1.29 is 4.79 Å². The molecule has 1 heterocycles. The Morgan fingerprint density at radius 3 is 2.75 bits per heavy atom. The highest BCUT2D eigenvalue weighted by Gasteiger charge is 2.23. The fourth-order valence-corrected chi connectivity index (χ4v) is 3.32. The molecule has 1 aromatic carbocycles. The Hall–Kier alpha value is -2.07. The Labute approximate surface area is 122 Å². The highest BCUT2D eigenvalue weighted by molar-refractivity contribution is 7.10. The number of nitrogens with two attached hydrogens (primary N) is 1. The average molecular weight is 284 g/mol. The summed E-state index contributed by atoms with van der Waals surface area (Å²) in [7, 11) is 0. The molecule has 3 nitrogen and oxygen atoms in total. The van der Waals surface area contributed by atoms with Gasteiger partial charge in [-0.1, -0.05) is 18.2 Å². The van der Waals surface area contributed by atoms with Crippen LogP contribution in [-0.4, -0.2) is 5.78 Å². The predicted octanol–water partition coefficient (Wildman–Crippen LogP) is 3.77.